The monoisotopic (exact) mass is 346 g/mol. The fourth-order valence-electron chi connectivity index (χ4n) is 2.72. The maximum absolute atomic E-state index is 12.4. The normalized spacial score (nSPS) is 16.8. The van der Waals surface area contributed by atoms with Crippen molar-refractivity contribution in [1.82, 2.24) is 4.90 Å². The number of carbonyl (C=O) groups excluding carboxylic acids is 3. The third-order valence-electron chi connectivity index (χ3n) is 4.19. The summed E-state index contributed by atoms with van der Waals surface area (Å²) in [5.74, 6) is -0.803. The highest BCUT2D eigenvalue weighted by Gasteiger charge is 2.33. The molecule has 1 aliphatic heterocycles. The quantitative estimate of drug-likeness (QED) is 0.735. The second-order valence-corrected chi connectivity index (χ2v) is 6.30. The van der Waals surface area contributed by atoms with Crippen LogP contribution >= 0.6 is 0 Å². The molecule has 2 rings (SSSR count). The summed E-state index contributed by atoms with van der Waals surface area (Å²) in [6, 6.07) is 6.60. The lowest BCUT2D eigenvalue weighted by molar-refractivity contribution is -0.128. The Morgan fingerprint density at radius 3 is 2.56 bits per heavy atom. The zero-order valence-electron chi connectivity index (χ0n) is 14.9. The average Bonchev–Trinajstić information content (AvgIpc) is 2.99. The molecule has 0 aromatic heterocycles. The van der Waals surface area contributed by atoms with Gasteiger partial charge in [0.25, 0.3) is 0 Å². The van der Waals surface area contributed by atoms with E-state index in [9.17, 15) is 14.4 Å². The van der Waals surface area contributed by atoms with Gasteiger partial charge in [-0.1, -0.05) is 20.3 Å². The lowest BCUT2D eigenvalue weighted by Gasteiger charge is -2.16. The van der Waals surface area contributed by atoms with Crippen molar-refractivity contribution >= 4 is 23.5 Å². The molecule has 1 aliphatic rings. The Morgan fingerprint density at radius 2 is 1.92 bits per heavy atom. The third-order valence-corrected chi connectivity index (χ3v) is 4.19. The van der Waals surface area contributed by atoms with Crippen molar-refractivity contribution in [2.45, 2.75) is 39.5 Å². The van der Waals surface area contributed by atoms with Gasteiger partial charge in [0, 0.05) is 25.2 Å². The molecule has 1 N–H and O–H groups in total. The van der Waals surface area contributed by atoms with Crippen LogP contribution in [0.15, 0.2) is 24.3 Å². The van der Waals surface area contributed by atoms with Gasteiger partial charge in [-0.05, 0) is 37.1 Å². The van der Waals surface area contributed by atoms with Crippen LogP contribution in [0, 0.1) is 5.92 Å². The molecule has 1 aromatic rings. The number of hydrogen-bond donors (Lipinski definition) is 1. The minimum absolute atomic E-state index is 0.0441. The topological polar surface area (TPSA) is 75.7 Å². The second-order valence-electron chi connectivity index (χ2n) is 6.30. The molecule has 1 saturated heterocycles. The number of rotatable bonds is 8. The Hall–Kier alpha value is -2.37. The Morgan fingerprint density at radius 1 is 1.20 bits per heavy atom. The highest BCUT2D eigenvalue weighted by atomic mass is 16.5. The van der Waals surface area contributed by atoms with E-state index in [1.807, 2.05) is 6.92 Å². The first-order chi connectivity index (χ1) is 12.0. The summed E-state index contributed by atoms with van der Waals surface area (Å²) < 4.78 is 5.07. The number of likely N-dealkylation sites (tertiary alicyclic amines) is 1. The molecule has 1 heterocycles. The smallest absolute Gasteiger partial charge is 0.338 e. The van der Waals surface area contributed by atoms with E-state index in [0.717, 1.165) is 19.3 Å². The Labute approximate surface area is 148 Å². The molecule has 6 nitrogen and oxygen atoms in total. The van der Waals surface area contributed by atoms with Gasteiger partial charge in [-0.3, -0.25) is 9.59 Å². The minimum Gasteiger partial charge on any atom is -0.462 e. The molecule has 0 bridgehead atoms. The molecular weight excluding hydrogens is 320 g/mol. The predicted octanol–water partition coefficient (Wildman–Crippen LogP) is 2.84. The number of unbranched alkanes of at least 4 members (excludes halogenated alkanes) is 1. The standard InChI is InChI=1S/C19H26N2O4/c1-3-5-10-21-13-15(12-17(21)22)18(23)20-16-8-6-14(7-9-16)19(24)25-11-4-2/h6-9,15H,3-5,10-13H2,1-2H3,(H,20,23)/t15-/m0/s1. The zero-order valence-corrected chi connectivity index (χ0v) is 14.9. The van der Waals surface area contributed by atoms with Gasteiger partial charge >= 0.3 is 5.97 Å². The number of nitrogens with zero attached hydrogens (tertiary/aromatic N) is 1. The molecule has 0 aliphatic carbocycles. The number of amides is 2. The molecule has 0 radical (unpaired) electrons. The van der Waals surface area contributed by atoms with Crippen molar-refractivity contribution in [3.05, 3.63) is 29.8 Å². The minimum atomic E-state index is -0.368. The lowest BCUT2D eigenvalue weighted by Crippen LogP contribution is -2.29. The van der Waals surface area contributed by atoms with Crippen LogP contribution in [0.2, 0.25) is 0 Å². The fraction of sp³-hybridized carbons (Fsp3) is 0.526. The third kappa shape index (κ3) is 5.31. The molecule has 0 saturated carbocycles. The number of esters is 1. The van der Waals surface area contributed by atoms with Crippen molar-refractivity contribution in [3.8, 4) is 0 Å². The molecule has 1 fully saturated rings. The van der Waals surface area contributed by atoms with E-state index in [2.05, 4.69) is 12.2 Å². The van der Waals surface area contributed by atoms with Crippen LogP contribution in [-0.2, 0) is 14.3 Å². The van der Waals surface area contributed by atoms with Gasteiger partial charge in [-0.25, -0.2) is 4.79 Å². The first-order valence-corrected chi connectivity index (χ1v) is 8.91. The van der Waals surface area contributed by atoms with Crippen molar-refractivity contribution in [2.75, 3.05) is 25.0 Å². The fourth-order valence-corrected chi connectivity index (χ4v) is 2.72. The number of nitrogens with one attached hydrogen (secondary N) is 1. The van der Waals surface area contributed by atoms with Crippen LogP contribution in [0.25, 0.3) is 0 Å². The molecule has 1 atom stereocenters. The van der Waals surface area contributed by atoms with E-state index >= 15 is 0 Å². The van der Waals surface area contributed by atoms with Gasteiger partial charge < -0.3 is 15.0 Å². The lowest BCUT2D eigenvalue weighted by atomic mass is 10.1. The van der Waals surface area contributed by atoms with E-state index in [0.29, 0.717) is 30.9 Å². The average molecular weight is 346 g/mol. The van der Waals surface area contributed by atoms with E-state index in [4.69, 9.17) is 4.74 Å². The molecule has 6 heteroatoms. The predicted molar refractivity (Wildman–Crippen MR) is 95.2 cm³/mol. The second kappa shape index (κ2) is 9.20. The van der Waals surface area contributed by atoms with Crippen LogP contribution in [0.4, 0.5) is 5.69 Å². The SMILES string of the molecule is CCCCN1C[C@@H](C(=O)Nc2ccc(C(=O)OCCC)cc2)CC1=O. The van der Waals surface area contributed by atoms with Gasteiger partial charge in [-0.2, -0.15) is 0 Å². The first kappa shape index (κ1) is 19.0. The molecule has 0 unspecified atom stereocenters. The summed E-state index contributed by atoms with van der Waals surface area (Å²) in [4.78, 5) is 37.8. The molecule has 0 spiro atoms. The van der Waals surface area contributed by atoms with Crippen molar-refractivity contribution < 1.29 is 19.1 Å². The summed E-state index contributed by atoms with van der Waals surface area (Å²) in [5, 5.41) is 2.82. The summed E-state index contributed by atoms with van der Waals surface area (Å²) >= 11 is 0. The van der Waals surface area contributed by atoms with Crippen LogP contribution in [0.5, 0.6) is 0 Å². The summed E-state index contributed by atoms with van der Waals surface area (Å²) in [6.07, 6.45) is 3.01. The number of carbonyl (C=O) groups is 3. The van der Waals surface area contributed by atoms with Crippen LogP contribution in [-0.4, -0.2) is 42.4 Å². The number of anilines is 1. The Bertz CT molecular complexity index is 612. The van der Waals surface area contributed by atoms with Gasteiger partial charge in [-0.15, -0.1) is 0 Å². The molecule has 2 amide bonds. The molecule has 1 aromatic carbocycles. The first-order valence-electron chi connectivity index (χ1n) is 8.91. The number of hydrogen-bond acceptors (Lipinski definition) is 4. The van der Waals surface area contributed by atoms with E-state index in [1.165, 1.54) is 0 Å². The Balaban J connectivity index is 1.88. The molecule has 136 valence electrons. The maximum Gasteiger partial charge on any atom is 0.338 e. The van der Waals surface area contributed by atoms with Gasteiger partial charge in [0.05, 0.1) is 18.1 Å². The highest BCUT2D eigenvalue weighted by molar-refractivity contribution is 5.97. The van der Waals surface area contributed by atoms with Crippen LogP contribution in [0.3, 0.4) is 0 Å². The highest BCUT2D eigenvalue weighted by Crippen LogP contribution is 2.20. The van der Waals surface area contributed by atoms with Gasteiger partial charge in [0.2, 0.25) is 11.8 Å². The molecular formula is C19H26N2O4. The van der Waals surface area contributed by atoms with Crippen LogP contribution < -0.4 is 5.32 Å². The maximum atomic E-state index is 12.4. The summed E-state index contributed by atoms with van der Waals surface area (Å²) in [6.45, 7) is 5.59. The summed E-state index contributed by atoms with van der Waals surface area (Å²) in [5.41, 5.74) is 1.06. The van der Waals surface area contributed by atoms with Crippen molar-refractivity contribution in [2.24, 2.45) is 5.92 Å². The van der Waals surface area contributed by atoms with Crippen LogP contribution in [0.1, 0.15) is 49.9 Å². The largest absolute Gasteiger partial charge is 0.462 e. The number of ether oxygens (including phenoxy) is 1. The zero-order chi connectivity index (χ0) is 18.2. The summed E-state index contributed by atoms with van der Waals surface area (Å²) in [7, 11) is 0. The van der Waals surface area contributed by atoms with Gasteiger partial charge in [0.1, 0.15) is 0 Å². The number of benzene rings is 1. The van der Waals surface area contributed by atoms with Crippen molar-refractivity contribution in [1.29, 1.82) is 0 Å². The van der Waals surface area contributed by atoms with Crippen molar-refractivity contribution in [3.63, 3.8) is 0 Å². The van der Waals surface area contributed by atoms with E-state index in [-0.39, 0.29) is 30.1 Å². The van der Waals surface area contributed by atoms with E-state index in [1.54, 1.807) is 29.2 Å². The van der Waals surface area contributed by atoms with Gasteiger partial charge in [0.15, 0.2) is 0 Å². The Kier molecular flexibility index (Phi) is 6.98. The molecule has 25 heavy (non-hydrogen) atoms. The van der Waals surface area contributed by atoms with E-state index < -0.39 is 0 Å².